The first-order valence-electron chi connectivity index (χ1n) is 14.2. The van der Waals surface area contributed by atoms with E-state index in [0.717, 1.165) is 24.8 Å². The van der Waals surface area contributed by atoms with E-state index in [-0.39, 0.29) is 30.0 Å². The zero-order valence-electron chi connectivity index (χ0n) is 23.4. The van der Waals surface area contributed by atoms with E-state index in [4.69, 9.17) is 26.7 Å². The van der Waals surface area contributed by atoms with Gasteiger partial charge in [-0.1, -0.05) is 18.7 Å². The highest BCUT2D eigenvalue weighted by Crippen LogP contribution is 2.50. The SMILES string of the molecule is C=CC(=O)N[C@H]1CCC[C@H]1NC(=O)c1sc2c(N)ccc3c2c1C(N)C(=O)C3(N)c1ccc(O[C@@H]2CCOC2)cc1C. The molecule has 1 saturated carbocycles. The first-order valence-corrected chi connectivity index (χ1v) is 15.0. The third-order valence-corrected chi connectivity index (χ3v) is 9.93. The Morgan fingerprint density at radius 3 is 2.57 bits per heavy atom. The number of nitrogen functional groups attached to an aromatic ring is 1. The second-order valence-corrected chi connectivity index (χ2v) is 12.3. The number of benzene rings is 2. The fourth-order valence-electron chi connectivity index (χ4n) is 6.56. The molecule has 2 aliphatic carbocycles. The molecule has 2 heterocycles. The number of nitrogens with one attached hydrogen (secondary N) is 2. The van der Waals surface area contributed by atoms with E-state index in [0.29, 0.717) is 62.7 Å². The van der Waals surface area contributed by atoms with Crippen molar-refractivity contribution in [3.63, 3.8) is 0 Å². The molecule has 2 unspecified atom stereocenters. The maximum atomic E-state index is 14.2. The topological polar surface area (TPSA) is 172 Å². The van der Waals surface area contributed by atoms with Crippen LogP contribution in [0.15, 0.2) is 43.0 Å². The zero-order chi connectivity index (χ0) is 29.8. The monoisotopic (exact) mass is 589 g/mol. The number of ether oxygens (including phenoxy) is 2. The summed E-state index contributed by atoms with van der Waals surface area (Å²) in [6.45, 7) is 6.61. The van der Waals surface area contributed by atoms with Crippen molar-refractivity contribution >= 4 is 44.7 Å². The second kappa shape index (κ2) is 10.8. The van der Waals surface area contributed by atoms with Crippen molar-refractivity contribution in [2.75, 3.05) is 18.9 Å². The van der Waals surface area contributed by atoms with E-state index in [1.165, 1.54) is 17.4 Å². The molecule has 42 heavy (non-hydrogen) atoms. The highest BCUT2D eigenvalue weighted by molar-refractivity contribution is 7.21. The Morgan fingerprint density at radius 1 is 1.14 bits per heavy atom. The molecular formula is C31H35N5O5S. The Bertz CT molecular complexity index is 1610. The van der Waals surface area contributed by atoms with Gasteiger partial charge < -0.3 is 37.3 Å². The lowest BCUT2D eigenvalue weighted by atomic mass is 9.69. The molecule has 11 heteroatoms. The molecule has 220 valence electrons. The Hall–Kier alpha value is -3.77. The van der Waals surface area contributed by atoms with Crippen LogP contribution in [0.4, 0.5) is 5.69 Å². The molecule has 2 amide bonds. The summed E-state index contributed by atoms with van der Waals surface area (Å²) in [4.78, 5) is 40.1. The van der Waals surface area contributed by atoms with Gasteiger partial charge in [-0.05, 0) is 67.2 Å². The number of thiophene rings is 1. The lowest BCUT2D eigenvalue weighted by molar-refractivity contribution is -0.124. The molecule has 0 bridgehead atoms. The number of rotatable bonds is 7. The highest BCUT2D eigenvalue weighted by Gasteiger charge is 2.49. The van der Waals surface area contributed by atoms with Crippen LogP contribution in [0.3, 0.4) is 0 Å². The third kappa shape index (κ3) is 4.57. The van der Waals surface area contributed by atoms with Crippen LogP contribution in [0.25, 0.3) is 10.1 Å². The summed E-state index contributed by atoms with van der Waals surface area (Å²) in [6, 6.07) is 7.36. The smallest absolute Gasteiger partial charge is 0.262 e. The Balaban J connectivity index is 1.39. The Kier molecular flexibility index (Phi) is 7.30. The van der Waals surface area contributed by atoms with Crippen molar-refractivity contribution in [1.82, 2.24) is 10.6 Å². The zero-order valence-corrected chi connectivity index (χ0v) is 24.2. The predicted molar refractivity (Wildman–Crippen MR) is 161 cm³/mol. The average Bonchev–Trinajstić information content (AvgIpc) is 3.73. The molecule has 3 aliphatic rings. The Morgan fingerprint density at radius 2 is 1.88 bits per heavy atom. The fraction of sp³-hybridized carbons (Fsp3) is 0.387. The lowest BCUT2D eigenvalue weighted by Gasteiger charge is -2.37. The normalized spacial score (nSPS) is 26.8. The van der Waals surface area contributed by atoms with Gasteiger partial charge in [0.2, 0.25) is 5.91 Å². The number of aryl methyl sites for hydroxylation is 1. The summed E-state index contributed by atoms with van der Waals surface area (Å²) < 4.78 is 12.1. The van der Waals surface area contributed by atoms with Crippen LogP contribution >= 0.6 is 11.3 Å². The standard InChI is InChI=1S/C31H35N5O5S/c1-3-23(37)35-21-5-4-6-22(21)36-30(39)28-25-24-19(9-10-20(32)27(24)42-28)31(34,29(38)26(25)33)18-8-7-16(13-15(18)2)41-17-11-12-40-14-17/h3,7-10,13,17,21-22,26H,1,4-6,11-12,14,32-34H2,2H3,(H,35,37)(H,36,39)/t17-,21+,22-,26?,31?/m1/s1. The number of hydrogen-bond donors (Lipinski definition) is 5. The van der Waals surface area contributed by atoms with Crippen LogP contribution < -0.4 is 32.6 Å². The third-order valence-electron chi connectivity index (χ3n) is 8.68. The van der Waals surface area contributed by atoms with E-state index in [9.17, 15) is 14.4 Å². The summed E-state index contributed by atoms with van der Waals surface area (Å²) in [5.74, 6) is -0.381. The van der Waals surface area contributed by atoms with Crippen molar-refractivity contribution in [3.05, 3.63) is 70.1 Å². The predicted octanol–water partition coefficient (Wildman–Crippen LogP) is 2.70. The second-order valence-electron chi connectivity index (χ2n) is 11.3. The molecule has 5 atom stereocenters. The van der Waals surface area contributed by atoms with Gasteiger partial charge >= 0.3 is 0 Å². The van der Waals surface area contributed by atoms with Gasteiger partial charge in [0.1, 0.15) is 17.4 Å². The maximum absolute atomic E-state index is 14.2. The number of carbonyl (C=O) groups is 3. The molecule has 0 spiro atoms. The molecule has 3 aromatic rings. The van der Waals surface area contributed by atoms with Crippen molar-refractivity contribution in [2.24, 2.45) is 11.5 Å². The number of Topliss-reactive ketones (excluding diaryl/α,β-unsaturated/α-hetero) is 1. The van der Waals surface area contributed by atoms with Crippen molar-refractivity contribution in [1.29, 1.82) is 0 Å². The van der Waals surface area contributed by atoms with Crippen LogP contribution in [0.1, 0.15) is 63.7 Å². The van der Waals surface area contributed by atoms with Gasteiger partial charge in [0.05, 0.1) is 28.8 Å². The minimum atomic E-state index is -1.56. The van der Waals surface area contributed by atoms with Gasteiger partial charge in [-0.2, -0.15) is 0 Å². The summed E-state index contributed by atoms with van der Waals surface area (Å²) in [5.41, 5.74) is 21.4. The summed E-state index contributed by atoms with van der Waals surface area (Å²) in [7, 11) is 0. The van der Waals surface area contributed by atoms with Crippen molar-refractivity contribution in [2.45, 2.75) is 62.4 Å². The molecule has 10 nitrogen and oxygen atoms in total. The first-order chi connectivity index (χ1) is 20.1. The molecule has 1 aromatic heterocycles. The van der Waals surface area contributed by atoms with E-state index in [1.54, 1.807) is 12.1 Å². The number of ketones is 1. The van der Waals surface area contributed by atoms with E-state index in [2.05, 4.69) is 17.2 Å². The van der Waals surface area contributed by atoms with Gasteiger partial charge in [-0.3, -0.25) is 14.4 Å². The average molecular weight is 590 g/mol. The molecule has 1 aliphatic heterocycles. The van der Waals surface area contributed by atoms with Crippen LogP contribution in [0.5, 0.6) is 5.75 Å². The van der Waals surface area contributed by atoms with Crippen LogP contribution in [0, 0.1) is 6.92 Å². The number of amides is 2. The van der Waals surface area contributed by atoms with E-state index < -0.39 is 17.4 Å². The molecule has 8 N–H and O–H groups in total. The van der Waals surface area contributed by atoms with Gasteiger partial charge in [0, 0.05) is 35.1 Å². The lowest BCUT2D eigenvalue weighted by Crippen LogP contribution is -2.53. The van der Waals surface area contributed by atoms with Gasteiger partial charge in [-0.25, -0.2) is 0 Å². The number of anilines is 1. The van der Waals surface area contributed by atoms with Crippen molar-refractivity contribution in [3.8, 4) is 5.75 Å². The van der Waals surface area contributed by atoms with Gasteiger partial charge in [-0.15, -0.1) is 11.3 Å². The number of carbonyl (C=O) groups excluding carboxylic acids is 3. The first kappa shape index (κ1) is 28.4. The molecule has 1 saturated heterocycles. The number of nitrogens with two attached hydrogens (primary N) is 3. The van der Waals surface area contributed by atoms with Crippen LogP contribution in [0.2, 0.25) is 0 Å². The van der Waals surface area contributed by atoms with Crippen LogP contribution in [-0.2, 0) is 19.9 Å². The highest BCUT2D eigenvalue weighted by atomic mass is 32.1. The summed E-state index contributed by atoms with van der Waals surface area (Å²) >= 11 is 1.21. The van der Waals surface area contributed by atoms with E-state index in [1.807, 2.05) is 25.1 Å². The van der Waals surface area contributed by atoms with Crippen LogP contribution in [-0.4, -0.2) is 49.0 Å². The summed E-state index contributed by atoms with van der Waals surface area (Å²) in [6.07, 6.45) is 4.33. The van der Waals surface area contributed by atoms with Crippen molar-refractivity contribution < 1.29 is 23.9 Å². The molecule has 2 aromatic carbocycles. The quantitative estimate of drug-likeness (QED) is 0.207. The number of hydrogen-bond acceptors (Lipinski definition) is 9. The summed E-state index contributed by atoms with van der Waals surface area (Å²) in [5, 5.41) is 6.61. The molecular weight excluding hydrogens is 554 g/mol. The maximum Gasteiger partial charge on any atom is 0.262 e. The molecule has 0 radical (unpaired) electrons. The minimum Gasteiger partial charge on any atom is -0.488 e. The largest absolute Gasteiger partial charge is 0.488 e. The Labute approximate surface area is 247 Å². The van der Waals surface area contributed by atoms with Gasteiger partial charge in [0.15, 0.2) is 5.78 Å². The van der Waals surface area contributed by atoms with E-state index >= 15 is 0 Å². The van der Waals surface area contributed by atoms with Gasteiger partial charge in [0.25, 0.3) is 5.91 Å². The fourth-order valence-corrected chi connectivity index (χ4v) is 7.76. The minimum absolute atomic E-state index is 0.0146. The molecule has 2 fully saturated rings. The molecule has 6 rings (SSSR count).